The second kappa shape index (κ2) is 9.81. The molecular weight excluding hydrogens is 424 g/mol. The number of likely N-dealkylation sites (tertiary alicyclic amines) is 1. The Kier molecular flexibility index (Phi) is 7.39. The average Bonchev–Trinajstić information content (AvgIpc) is 2.77. The van der Waals surface area contributed by atoms with E-state index in [0.717, 1.165) is 23.6 Å². The molecule has 0 saturated carbocycles. The maximum Gasteiger partial charge on any atom is 0.264 e. The zero-order valence-electron chi connectivity index (χ0n) is 17.3. The molecule has 1 atom stereocenters. The van der Waals surface area contributed by atoms with Crippen molar-refractivity contribution in [2.45, 2.75) is 37.2 Å². The van der Waals surface area contributed by atoms with Crippen LogP contribution in [0.25, 0.3) is 0 Å². The van der Waals surface area contributed by atoms with Crippen LogP contribution in [0.15, 0.2) is 53.4 Å². The highest BCUT2D eigenvalue weighted by Crippen LogP contribution is 2.25. The van der Waals surface area contributed by atoms with E-state index in [1.54, 1.807) is 41.3 Å². The molecule has 0 aliphatic carbocycles. The Bertz CT molecular complexity index is 996. The third-order valence-electron chi connectivity index (χ3n) is 5.13. The number of ether oxygens (including phenoxy) is 1. The third-order valence-corrected chi connectivity index (χ3v) is 7.15. The largest absolute Gasteiger partial charge is 0.376 e. The molecule has 1 saturated heterocycles. The SMILES string of the molecule is CCCOC1CCCN(C(=O)c2cccc(S(=O)(=O)N(C)c3cccc(Cl)c3)c2)C1. The van der Waals surface area contributed by atoms with Gasteiger partial charge in [-0.1, -0.05) is 30.7 Å². The van der Waals surface area contributed by atoms with Gasteiger partial charge >= 0.3 is 0 Å². The van der Waals surface area contributed by atoms with E-state index >= 15 is 0 Å². The van der Waals surface area contributed by atoms with Crippen LogP contribution in [0.1, 0.15) is 36.5 Å². The van der Waals surface area contributed by atoms with E-state index in [1.807, 2.05) is 0 Å². The van der Waals surface area contributed by atoms with Crippen LogP contribution >= 0.6 is 11.6 Å². The molecule has 1 heterocycles. The molecule has 0 radical (unpaired) electrons. The van der Waals surface area contributed by atoms with Gasteiger partial charge in [0.1, 0.15) is 0 Å². The number of anilines is 1. The van der Waals surface area contributed by atoms with Gasteiger partial charge in [-0.05, 0) is 55.7 Å². The van der Waals surface area contributed by atoms with E-state index in [0.29, 0.717) is 36.0 Å². The highest BCUT2D eigenvalue weighted by Gasteiger charge is 2.27. The normalized spacial score (nSPS) is 17.0. The van der Waals surface area contributed by atoms with Crippen molar-refractivity contribution in [2.24, 2.45) is 0 Å². The van der Waals surface area contributed by atoms with Gasteiger partial charge < -0.3 is 9.64 Å². The van der Waals surface area contributed by atoms with Crippen LogP contribution in [-0.4, -0.2) is 52.1 Å². The van der Waals surface area contributed by atoms with Gasteiger partial charge in [0.15, 0.2) is 0 Å². The Morgan fingerprint density at radius 3 is 2.73 bits per heavy atom. The Morgan fingerprint density at radius 2 is 2.00 bits per heavy atom. The Labute approximate surface area is 183 Å². The molecule has 1 aliphatic heterocycles. The van der Waals surface area contributed by atoms with Gasteiger partial charge in [-0.25, -0.2) is 8.42 Å². The molecule has 8 heteroatoms. The quantitative estimate of drug-likeness (QED) is 0.634. The second-order valence-electron chi connectivity index (χ2n) is 7.37. The molecule has 0 aromatic heterocycles. The molecule has 2 aromatic carbocycles. The van der Waals surface area contributed by atoms with E-state index in [-0.39, 0.29) is 16.9 Å². The maximum absolute atomic E-state index is 13.1. The predicted molar refractivity (Wildman–Crippen MR) is 119 cm³/mol. The first-order chi connectivity index (χ1) is 14.3. The lowest BCUT2D eigenvalue weighted by molar-refractivity contribution is 0.00210. The monoisotopic (exact) mass is 450 g/mol. The summed E-state index contributed by atoms with van der Waals surface area (Å²) in [6.07, 6.45) is 2.77. The molecule has 1 aliphatic rings. The molecule has 3 rings (SSSR count). The highest BCUT2D eigenvalue weighted by atomic mass is 35.5. The molecular formula is C22H27ClN2O4S. The molecule has 0 bridgehead atoms. The van der Waals surface area contributed by atoms with Crippen LogP contribution in [-0.2, 0) is 14.8 Å². The van der Waals surface area contributed by atoms with Gasteiger partial charge in [-0.15, -0.1) is 0 Å². The van der Waals surface area contributed by atoms with Crippen molar-refractivity contribution in [3.63, 3.8) is 0 Å². The van der Waals surface area contributed by atoms with Crippen LogP contribution in [0.3, 0.4) is 0 Å². The zero-order valence-corrected chi connectivity index (χ0v) is 18.8. The average molecular weight is 451 g/mol. The second-order valence-corrected chi connectivity index (χ2v) is 9.77. The molecule has 162 valence electrons. The van der Waals surface area contributed by atoms with Crippen LogP contribution in [0.2, 0.25) is 5.02 Å². The van der Waals surface area contributed by atoms with Crippen molar-refractivity contribution >= 4 is 33.2 Å². The maximum atomic E-state index is 13.1. The van der Waals surface area contributed by atoms with E-state index in [2.05, 4.69) is 6.92 Å². The minimum absolute atomic E-state index is 0.0310. The smallest absolute Gasteiger partial charge is 0.264 e. The number of hydrogen-bond acceptors (Lipinski definition) is 4. The number of halogens is 1. The lowest BCUT2D eigenvalue weighted by Gasteiger charge is -2.32. The molecule has 1 fully saturated rings. The fourth-order valence-corrected chi connectivity index (χ4v) is 4.90. The Hall–Kier alpha value is -2.09. The summed E-state index contributed by atoms with van der Waals surface area (Å²) in [5.41, 5.74) is 0.804. The first-order valence-electron chi connectivity index (χ1n) is 10.1. The number of hydrogen-bond donors (Lipinski definition) is 0. The molecule has 1 unspecified atom stereocenters. The number of carbonyl (C=O) groups excluding carboxylic acids is 1. The van der Waals surface area contributed by atoms with Crippen molar-refractivity contribution in [3.8, 4) is 0 Å². The van der Waals surface area contributed by atoms with Gasteiger partial charge in [0, 0.05) is 37.3 Å². The van der Waals surface area contributed by atoms with Gasteiger partial charge in [-0.2, -0.15) is 0 Å². The van der Waals surface area contributed by atoms with E-state index in [1.165, 1.54) is 19.2 Å². The molecule has 6 nitrogen and oxygen atoms in total. The summed E-state index contributed by atoms with van der Waals surface area (Å²) < 4.78 is 33.2. The number of amides is 1. The predicted octanol–water partition coefficient (Wildman–Crippen LogP) is 4.20. The summed E-state index contributed by atoms with van der Waals surface area (Å²) in [5, 5.41) is 0.448. The van der Waals surface area contributed by atoms with Gasteiger partial charge in [0.05, 0.1) is 16.7 Å². The van der Waals surface area contributed by atoms with Gasteiger partial charge in [-0.3, -0.25) is 9.10 Å². The summed E-state index contributed by atoms with van der Waals surface area (Å²) in [7, 11) is -2.37. The van der Waals surface area contributed by atoms with E-state index < -0.39 is 10.0 Å². The number of piperidine rings is 1. The highest BCUT2D eigenvalue weighted by molar-refractivity contribution is 7.92. The first kappa shape index (κ1) is 22.6. The molecule has 0 N–H and O–H groups in total. The topological polar surface area (TPSA) is 66.9 Å². The zero-order chi connectivity index (χ0) is 21.7. The number of nitrogens with zero attached hydrogens (tertiary/aromatic N) is 2. The van der Waals surface area contributed by atoms with Gasteiger partial charge in [0.25, 0.3) is 15.9 Å². The minimum atomic E-state index is -3.84. The summed E-state index contributed by atoms with van der Waals surface area (Å²) in [4.78, 5) is 14.8. The van der Waals surface area contributed by atoms with Crippen LogP contribution < -0.4 is 4.31 Å². The van der Waals surface area contributed by atoms with Crippen molar-refractivity contribution in [3.05, 3.63) is 59.1 Å². The Morgan fingerprint density at radius 1 is 1.23 bits per heavy atom. The fourth-order valence-electron chi connectivity index (χ4n) is 3.48. The molecule has 0 spiro atoms. The van der Waals surface area contributed by atoms with E-state index in [9.17, 15) is 13.2 Å². The summed E-state index contributed by atoms with van der Waals surface area (Å²) in [6.45, 7) is 3.90. The lowest BCUT2D eigenvalue weighted by atomic mass is 10.1. The first-order valence-corrected chi connectivity index (χ1v) is 11.9. The van der Waals surface area contributed by atoms with Crippen molar-refractivity contribution in [2.75, 3.05) is 31.0 Å². The third kappa shape index (κ3) is 5.14. The summed E-state index contributed by atoms with van der Waals surface area (Å²) in [5.74, 6) is -0.178. The van der Waals surface area contributed by atoms with Crippen LogP contribution in [0.5, 0.6) is 0 Å². The van der Waals surface area contributed by atoms with Crippen molar-refractivity contribution in [1.82, 2.24) is 4.90 Å². The lowest BCUT2D eigenvalue weighted by Crippen LogP contribution is -2.43. The van der Waals surface area contributed by atoms with Gasteiger partial charge in [0.2, 0.25) is 0 Å². The summed E-state index contributed by atoms with van der Waals surface area (Å²) in [6, 6.07) is 12.8. The summed E-state index contributed by atoms with van der Waals surface area (Å²) >= 11 is 6.00. The standard InChI is InChI=1S/C22H27ClN2O4S/c1-3-13-29-20-10-6-12-25(16-20)22(26)17-7-4-11-21(14-17)30(27,28)24(2)19-9-5-8-18(23)15-19/h4-5,7-9,11,14-15,20H,3,6,10,12-13,16H2,1-2H3. The minimum Gasteiger partial charge on any atom is -0.376 e. The van der Waals surface area contributed by atoms with Crippen LogP contribution in [0, 0.1) is 0 Å². The number of carbonyl (C=O) groups is 1. The number of sulfonamides is 1. The van der Waals surface area contributed by atoms with Crippen molar-refractivity contribution < 1.29 is 17.9 Å². The van der Waals surface area contributed by atoms with E-state index in [4.69, 9.17) is 16.3 Å². The fraction of sp³-hybridized carbons (Fsp3) is 0.409. The van der Waals surface area contributed by atoms with Crippen molar-refractivity contribution in [1.29, 1.82) is 0 Å². The Balaban J connectivity index is 1.80. The number of benzene rings is 2. The molecule has 30 heavy (non-hydrogen) atoms. The molecule has 1 amide bonds. The molecule has 2 aromatic rings. The number of rotatable bonds is 7. The van der Waals surface area contributed by atoms with Crippen LogP contribution in [0.4, 0.5) is 5.69 Å².